The summed E-state index contributed by atoms with van der Waals surface area (Å²) in [5, 5.41) is 11.2. The molecule has 0 bridgehead atoms. The predicted molar refractivity (Wildman–Crippen MR) is 107 cm³/mol. The second kappa shape index (κ2) is 9.48. The number of aromatic nitrogens is 3. The number of aromatic amines is 1. The monoisotopic (exact) mass is 384 g/mol. The van der Waals surface area contributed by atoms with Crippen LogP contribution >= 0.6 is 0 Å². The Morgan fingerprint density at radius 1 is 1.18 bits per heavy atom. The zero-order valence-electron chi connectivity index (χ0n) is 16.5. The second-order valence-electron chi connectivity index (χ2n) is 7.54. The molecule has 0 aliphatic heterocycles. The zero-order valence-corrected chi connectivity index (χ0v) is 16.5. The number of benzene rings is 1. The fourth-order valence-corrected chi connectivity index (χ4v) is 3.40. The van der Waals surface area contributed by atoms with Gasteiger partial charge in [-0.1, -0.05) is 19.3 Å². The molecule has 1 aromatic carbocycles. The molecule has 2 N–H and O–H groups in total. The van der Waals surface area contributed by atoms with Gasteiger partial charge in [0.1, 0.15) is 11.4 Å². The molecule has 1 aliphatic rings. The van der Waals surface area contributed by atoms with Crippen LogP contribution in [0.4, 0.5) is 0 Å². The normalized spacial score (nSPS) is 14.8. The van der Waals surface area contributed by atoms with Crippen molar-refractivity contribution in [2.24, 2.45) is 0 Å². The average Bonchev–Trinajstić information content (AvgIpc) is 2.68. The highest BCUT2D eigenvalue weighted by Gasteiger charge is 2.16. The Bertz CT molecular complexity index is 839. The van der Waals surface area contributed by atoms with Gasteiger partial charge in [-0.05, 0) is 51.0 Å². The number of amides is 1. The summed E-state index contributed by atoms with van der Waals surface area (Å²) in [5.74, 6) is 1.13. The van der Waals surface area contributed by atoms with Gasteiger partial charge in [-0.25, -0.2) is 0 Å². The number of carbonyl (C=O) groups is 1. The van der Waals surface area contributed by atoms with E-state index in [4.69, 9.17) is 4.74 Å². The smallest absolute Gasteiger partial charge is 0.273 e. The first-order chi connectivity index (χ1) is 13.5. The van der Waals surface area contributed by atoms with Crippen LogP contribution in [0, 0.1) is 0 Å². The van der Waals surface area contributed by atoms with Gasteiger partial charge in [0.25, 0.3) is 5.56 Å². The van der Waals surface area contributed by atoms with Gasteiger partial charge in [-0.3, -0.25) is 9.59 Å². The first-order valence-electron chi connectivity index (χ1n) is 10.0. The Morgan fingerprint density at radius 3 is 2.54 bits per heavy atom. The molecule has 1 heterocycles. The number of ether oxygens (including phenoxy) is 1. The Morgan fingerprint density at radius 2 is 1.89 bits per heavy atom. The molecule has 28 heavy (non-hydrogen) atoms. The van der Waals surface area contributed by atoms with Crippen molar-refractivity contribution in [2.45, 2.75) is 70.9 Å². The van der Waals surface area contributed by atoms with Crippen molar-refractivity contribution in [3.05, 3.63) is 40.3 Å². The summed E-state index contributed by atoms with van der Waals surface area (Å²) in [6.07, 6.45) is 6.29. The van der Waals surface area contributed by atoms with Crippen molar-refractivity contribution in [3.63, 3.8) is 0 Å². The molecule has 0 saturated heterocycles. The second-order valence-corrected chi connectivity index (χ2v) is 7.54. The maximum atomic E-state index is 12.3. The number of carbonyl (C=O) groups excluding carboxylic acids is 1. The first-order valence-corrected chi connectivity index (χ1v) is 10.0. The molecule has 1 aliphatic carbocycles. The van der Waals surface area contributed by atoms with Crippen LogP contribution in [0.25, 0.3) is 11.4 Å². The van der Waals surface area contributed by atoms with Crippen LogP contribution in [0.5, 0.6) is 5.75 Å². The third-order valence-electron chi connectivity index (χ3n) is 4.82. The standard InChI is InChI=1S/C21H28N4O3/c1-14(2)28-17-10-8-15(9-11-17)20-23-21(27)18(24-25-20)12-13-19(26)22-16-6-4-3-5-7-16/h8-11,14,16H,3-7,12-13H2,1-2H3,(H,22,26)(H,23,25,27). The van der Waals surface area contributed by atoms with Crippen LogP contribution in [-0.4, -0.2) is 33.2 Å². The number of aryl methyl sites for hydroxylation is 1. The SMILES string of the molecule is CC(C)Oc1ccc(-c2nnc(CCC(=O)NC3CCCCC3)c(=O)[nH]2)cc1. The Labute approximate surface area is 164 Å². The van der Waals surface area contributed by atoms with Crippen LogP contribution in [-0.2, 0) is 11.2 Å². The van der Waals surface area contributed by atoms with Gasteiger partial charge in [0.2, 0.25) is 5.91 Å². The molecular weight excluding hydrogens is 356 g/mol. The molecule has 0 unspecified atom stereocenters. The summed E-state index contributed by atoms with van der Waals surface area (Å²) in [6, 6.07) is 7.59. The Kier molecular flexibility index (Phi) is 6.79. The number of rotatable bonds is 7. The summed E-state index contributed by atoms with van der Waals surface area (Å²) >= 11 is 0. The molecule has 0 spiro atoms. The quantitative estimate of drug-likeness (QED) is 0.765. The molecule has 1 saturated carbocycles. The van der Waals surface area contributed by atoms with E-state index >= 15 is 0 Å². The Hall–Kier alpha value is -2.70. The van der Waals surface area contributed by atoms with E-state index in [1.807, 2.05) is 38.1 Å². The fraction of sp³-hybridized carbons (Fsp3) is 0.524. The minimum atomic E-state index is -0.307. The highest BCUT2D eigenvalue weighted by molar-refractivity contribution is 5.76. The fourth-order valence-electron chi connectivity index (χ4n) is 3.40. The summed E-state index contributed by atoms with van der Waals surface area (Å²) < 4.78 is 5.61. The van der Waals surface area contributed by atoms with Crippen LogP contribution in [0.1, 0.15) is 58.1 Å². The van der Waals surface area contributed by atoms with E-state index in [9.17, 15) is 9.59 Å². The maximum absolute atomic E-state index is 12.3. The lowest BCUT2D eigenvalue weighted by Gasteiger charge is -2.22. The summed E-state index contributed by atoms with van der Waals surface area (Å²) in [4.78, 5) is 27.2. The van der Waals surface area contributed by atoms with E-state index in [0.29, 0.717) is 5.82 Å². The molecule has 1 fully saturated rings. The van der Waals surface area contributed by atoms with Crippen LogP contribution < -0.4 is 15.6 Å². The highest BCUT2D eigenvalue weighted by atomic mass is 16.5. The molecule has 3 rings (SSSR count). The van der Waals surface area contributed by atoms with Crippen LogP contribution in [0.2, 0.25) is 0 Å². The van der Waals surface area contributed by atoms with Gasteiger partial charge < -0.3 is 15.0 Å². The molecule has 0 atom stereocenters. The average molecular weight is 384 g/mol. The summed E-state index contributed by atoms with van der Waals surface area (Å²) in [7, 11) is 0. The van der Waals surface area contributed by atoms with Gasteiger partial charge >= 0.3 is 0 Å². The summed E-state index contributed by atoms with van der Waals surface area (Å²) in [6.45, 7) is 3.93. The molecule has 7 nitrogen and oxygen atoms in total. The van der Waals surface area contributed by atoms with Crippen molar-refractivity contribution >= 4 is 5.91 Å². The van der Waals surface area contributed by atoms with E-state index in [1.165, 1.54) is 19.3 Å². The largest absolute Gasteiger partial charge is 0.491 e. The van der Waals surface area contributed by atoms with E-state index in [-0.39, 0.29) is 42.1 Å². The van der Waals surface area contributed by atoms with Crippen molar-refractivity contribution < 1.29 is 9.53 Å². The van der Waals surface area contributed by atoms with Crippen LogP contribution in [0.3, 0.4) is 0 Å². The van der Waals surface area contributed by atoms with Crippen molar-refractivity contribution in [1.29, 1.82) is 0 Å². The molecule has 2 aromatic rings. The van der Waals surface area contributed by atoms with E-state index < -0.39 is 0 Å². The van der Waals surface area contributed by atoms with Crippen molar-refractivity contribution in [2.75, 3.05) is 0 Å². The number of nitrogens with zero attached hydrogens (tertiary/aromatic N) is 2. The third kappa shape index (κ3) is 5.65. The lowest BCUT2D eigenvalue weighted by molar-refractivity contribution is -0.122. The van der Waals surface area contributed by atoms with E-state index in [0.717, 1.165) is 24.2 Å². The minimum Gasteiger partial charge on any atom is -0.491 e. The number of H-pyrrole nitrogens is 1. The molecule has 0 radical (unpaired) electrons. The first kappa shape index (κ1) is 20.0. The topological polar surface area (TPSA) is 97.0 Å². The third-order valence-corrected chi connectivity index (χ3v) is 4.82. The molecule has 150 valence electrons. The number of hydrogen-bond acceptors (Lipinski definition) is 5. The highest BCUT2D eigenvalue weighted by Crippen LogP contribution is 2.19. The molecule has 1 aromatic heterocycles. The maximum Gasteiger partial charge on any atom is 0.273 e. The van der Waals surface area contributed by atoms with Gasteiger partial charge in [-0.15, -0.1) is 10.2 Å². The lowest BCUT2D eigenvalue weighted by atomic mass is 9.95. The van der Waals surface area contributed by atoms with Gasteiger partial charge in [0.05, 0.1) is 6.10 Å². The van der Waals surface area contributed by atoms with Gasteiger partial charge in [-0.2, -0.15) is 0 Å². The minimum absolute atomic E-state index is 0.0297. The Balaban J connectivity index is 1.57. The zero-order chi connectivity index (χ0) is 19.9. The van der Waals surface area contributed by atoms with E-state index in [2.05, 4.69) is 20.5 Å². The molecule has 7 heteroatoms. The lowest BCUT2D eigenvalue weighted by Crippen LogP contribution is -2.36. The predicted octanol–water partition coefficient (Wildman–Crippen LogP) is 3.00. The number of nitrogens with one attached hydrogen (secondary N) is 2. The summed E-state index contributed by atoms with van der Waals surface area (Å²) in [5.41, 5.74) is 0.725. The van der Waals surface area contributed by atoms with Gasteiger partial charge in [0.15, 0.2) is 5.82 Å². The number of hydrogen-bond donors (Lipinski definition) is 2. The van der Waals surface area contributed by atoms with Crippen molar-refractivity contribution in [1.82, 2.24) is 20.5 Å². The van der Waals surface area contributed by atoms with Crippen molar-refractivity contribution in [3.8, 4) is 17.1 Å². The molecule has 1 amide bonds. The van der Waals surface area contributed by atoms with Gasteiger partial charge in [0, 0.05) is 24.4 Å². The van der Waals surface area contributed by atoms with Crippen LogP contribution in [0.15, 0.2) is 29.1 Å². The van der Waals surface area contributed by atoms with E-state index in [1.54, 1.807) is 0 Å². The molecular formula is C21H28N4O3.